The van der Waals surface area contributed by atoms with Gasteiger partial charge in [0, 0.05) is 53.0 Å². The summed E-state index contributed by atoms with van der Waals surface area (Å²) in [4.78, 5) is 22.6. The largest absolute Gasteiger partial charge is 0.494 e. The third-order valence-corrected chi connectivity index (χ3v) is 8.09. The number of carbonyl (C=O) groups excluding carboxylic acids is 1. The quantitative estimate of drug-likeness (QED) is 0.124. The van der Waals surface area contributed by atoms with Crippen molar-refractivity contribution in [3.63, 3.8) is 0 Å². The molecule has 1 saturated heterocycles. The number of hydrogen-bond donors (Lipinski definition) is 2. The second kappa shape index (κ2) is 14.5. The van der Waals surface area contributed by atoms with Crippen molar-refractivity contribution in [2.75, 3.05) is 39.5 Å². The molecule has 1 amide bonds. The minimum atomic E-state index is -1.42. The highest BCUT2D eigenvalue weighted by molar-refractivity contribution is 9.10. The normalized spacial score (nSPS) is 20.0. The van der Waals surface area contributed by atoms with Crippen LogP contribution in [0.4, 0.5) is 0 Å². The van der Waals surface area contributed by atoms with Gasteiger partial charge < -0.3 is 19.3 Å². The fourth-order valence-corrected chi connectivity index (χ4v) is 5.64. The van der Waals surface area contributed by atoms with Gasteiger partial charge in [-0.15, -0.1) is 0 Å². The summed E-state index contributed by atoms with van der Waals surface area (Å²) in [5.74, 6) is 0.668. The third-order valence-electron chi connectivity index (χ3n) is 7.37. The summed E-state index contributed by atoms with van der Waals surface area (Å²) in [5, 5.41) is 14.7. The lowest BCUT2D eigenvalue weighted by atomic mass is 9.81. The lowest BCUT2D eigenvalue weighted by Gasteiger charge is -2.35. The molecule has 2 aliphatic heterocycles. The monoisotopic (exact) mass is 648 g/mol. The average Bonchev–Trinajstić information content (AvgIpc) is 3.42. The van der Waals surface area contributed by atoms with Crippen LogP contribution < -0.4 is 10.2 Å². The van der Waals surface area contributed by atoms with Crippen molar-refractivity contribution in [1.29, 1.82) is 0 Å². The van der Waals surface area contributed by atoms with Gasteiger partial charge in [0.2, 0.25) is 5.90 Å². The van der Waals surface area contributed by atoms with Crippen LogP contribution in [0.25, 0.3) is 10.4 Å². The fourth-order valence-electron chi connectivity index (χ4n) is 5.14. The van der Waals surface area contributed by atoms with Crippen LogP contribution in [0.15, 0.2) is 87.4 Å². The topological polar surface area (TPSA) is 141 Å². The molecule has 3 aromatic carbocycles. The van der Waals surface area contributed by atoms with E-state index >= 15 is 0 Å². The van der Waals surface area contributed by atoms with Crippen molar-refractivity contribution >= 4 is 27.7 Å². The Labute approximate surface area is 258 Å². The van der Waals surface area contributed by atoms with Crippen LogP contribution in [0, 0.1) is 0 Å². The Kier molecular flexibility index (Phi) is 10.3. The van der Waals surface area contributed by atoms with Crippen LogP contribution in [0.3, 0.4) is 0 Å². The SMILES string of the molecule is [N-]=[N+]=NCc1ccccc1C[C@]1(C(=O)NN2CCOCC2)N=C(c2ccc(OCCCO)cc2)O[C@H]1c1ccccc1Br. The lowest BCUT2D eigenvalue weighted by Crippen LogP contribution is -2.57. The standard InChI is InChI=1S/C31H33BrN6O5/c32-27-9-4-3-8-26(27)28-31(30(40)36-38-14-18-41-19-15-38,20-23-6-1-2-7-24(23)21-34-37-33)35-29(43-28)22-10-12-25(13-11-22)42-17-5-16-39/h1-4,6-13,28,39H,5,14-21H2,(H,36,40)/t28-,31-/m0/s1. The molecular weight excluding hydrogens is 616 g/mol. The van der Waals surface area contributed by atoms with E-state index < -0.39 is 11.6 Å². The third kappa shape index (κ3) is 7.18. The Hall–Kier alpha value is -3.93. The number of nitrogens with one attached hydrogen (secondary N) is 1. The summed E-state index contributed by atoms with van der Waals surface area (Å²) >= 11 is 3.68. The summed E-state index contributed by atoms with van der Waals surface area (Å²) in [5.41, 5.74) is 13.8. The van der Waals surface area contributed by atoms with Gasteiger partial charge in [0.15, 0.2) is 11.6 Å². The van der Waals surface area contributed by atoms with Gasteiger partial charge in [0.25, 0.3) is 5.91 Å². The van der Waals surface area contributed by atoms with E-state index in [0.29, 0.717) is 56.5 Å². The first-order chi connectivity index (χ1) is 21.0. The summed E-state index contributed by atoms with van der Waals surface area (Å²) in [6, 6.07) is 22.5. The zero-order valence-electron chi connectivity index (χ0n) is 23.6. The number of azide groups is 1. The van der Waals surface area contributed by atoms with Crippen molar-refractivity contribution in [2.45, 2.75) is 31.0 Å². The Morgan fingerprint density at radius 2 is 1.84 bits per heavy atom. The van der Waals surface area contributed by atoms with Gasteiger partial charge >= 0.3 is 0 Å². The number of hydrazine groups is 1. The number of carbonyl (C=O) groups is 1. The zero-order valence-corrected chi connectivity index (χ0v) is 25.1. The number of aliphatic hydroxyl groups is 1. The number of aliphatic imine (C=N–C) groups is 1. The van der Waals surface area contributed by atoms with E-state index in [2.05, 4.69) is 31.4 Å². The van der Waals surface area contributed by atoms with E-state index in [1.807, 2.05) is 77.8 Å². The molecule has 0 radical (unpaired) electrons. The molecule has 224 valence electrons. The molecule has 11 nitrogen and oxygen atoms in total. The highest BCUT2D eigenvalue weighted by atomic mass is 79.9. The summed E-state index contributed by atoms with van der Waals surface area (Å²) in [6.45, 7) is 2.70. The fraction of sp³-hybridized carbons (Fsp3) is 0.355. The van der Waals surface area contributed by atoms with E-state index in [0.717, 1.165) is 21.2 Å². The van der Waals surface area contributed by atoms with Gasteiger partial charge in [-0.2, -0.15) is 0 Å². The summed E-state index contributed by atoms with van der Waals surface area (Å²) in [6.07, 6.45) is -0.0576. The molecule has 0 unspecified atom stereocenters. The molecule has 1 fully saturated rings. The summed E-state index contributed by atoms with van der Waals surface area (Å²) < 4.78 is 18.6. The first-order valence-electron chi connectivity index (χ1n) is 14.1. The number of ether oxygens (including phenoxy) is 3. The van der Waals surface area contributed by atoms with Gasteiger partial charge in [0.05, 0.1) is 26.4 Å². The van der Waals surface area contributed by atoms with E-state index in [-0.39, 0.29) is 25.5 Å². The Bertz CT molecular complexity index is 1490. The van der Waals surface area contributed by atoms with Crippen LogP contribution in [0.2, 0.25) is 0 Å². The number of hydrogen-bond acceptors (Lipinski definition) is 8. The second-order valence-corrected chi connectivity index (χ2v) is 11.0. The number of rotatable bonds is 12. The number of nitrogens with zero attached hydrogens (tertiary/aromatic N) is 5. The van der Waals surface area contributed by atoms with Crippen LogP contribution in [-0.4, -0.2) is 67.0 Å². The molecule has 2 heterocycles. The molecule has 3 aromatic rings. The Balaban J connectivity index is 1.60. The second-order valence-electron chi connectivity index (χ2n) is 10.2. The van der Waals surface area contributed by atoms with E-state index in [9.17, 15) is 4.79 Å². The highest BCUT2D eigenvalue weighted by Gasteiger charge is 2.54. The molecule has 2 aliphatic rings. The molecule has 0 aliphatic carbocycles. The molecule has 5 rings (SSSR count). The van der Waals surface area contributed by atoms with Gasteiger partial charge in [-0.1, -0.05) is 63.5 Å². The maximum atomic E-state index is 14.5. The highest BCUT2D eigenvalue weighted by Crippen LogP contribution is 2.45. The van der Waals surface area contributed by atoms with Gasteiger partial charge in [-0.05, 0) is 47.0 Å². The molecule has 43 heavy (non-hydrogen) atoms. The number of halogens is 1. The molecule has 0 saturated carbocycles. The molecule has 2 N–H and O–H groups in total. The molecular formula is C31H33BrN6O5. The number of morpholine rings is 1. The molecule has 0 spiro atoms. The van der Waals surface area contributed by atoms with E-state index in [1.165, 1.54) is 0 Å². The predicted molar refractivity (Wildman–Crippen MR) is 164 cm³/mol. The maximum absolute atomic E-state index is 14.5. The minimum Gasteiger partial charge on any atom is -0.494 e. The van der Waals surface area contributed by atoms with Crippen LogP contribution in [-0.2, 0) is 27.2 Å². The molecule has 2 atom stereocenters. The van der Waals surface area contributed by atoms with Crippen molar-refractivity contribution in [1.82, 2.24) is 10.4 Å². The molecule has 0 aromatic heterocycles. The molecule has 0 bridgehead atoms. The number of aliphatic hydroxyl groups excluding tert-OH is 1. The lowest BCUT2D eigenvalue weighted by molar-refractivity contribution is -0.136. The van der Waals surface area contributed by atoms with Crippen molar-refractivity contribution in [3.05, 3.63) is 110 Å². The average molecular weight is 650 g/mol. The van der Waals surface area contributed by atoms with Crippen LogP contribution in [0.1, 0.15) is 34.8 Å². The Morgan fingerprint density at radius 3 is 2.56 bits per heavy atom. The van der Waals surface area contributed by atoms with Crippen molar-refractivity contribution < 1.29 is 24.1 Å². The van der Waals surface area contributed by atoms with Crippen LogP contribution >= 0.6 is 15.9 Å². The first kappa shape index (κ1) is 30.5. The van der Waals surface area contributed by atoms with Gasteiger partial charge in [-0.25, -0.2) is 10.0 Å². The smallest absolute Gasteiger partial charge is 0.266 e. The van der Waals surface area contributed by atoms with E-state index in [4.69, 9.17) is 29.8 Å². The summed E-state index contributed by atoms with van der Waals surface area (Å²) in [7, 11) is 0. The number of amides is 1. The molecule has 12 heteroatoms. The maximum Gasteiger partial charge on any atom is 0.266 e. The van der Waals surface area contributed by atoms with Gasteiger partial charge in [0.1, 0.15) is 5.75 Å². The van der Waals surface area contributed by atoms with Crippen LogP contribution in [0.5, 0.6) is 5.75 Å². The Morgan fingerprint density at radius 1 is 1.12 bits per heavy atom. The first-order valence-corrected chi connectivity index (χ1v) is 14.9. The zero-order chi connectivity index (χ0) is 30.1. The number of benzene rings is 3. The van der Waals surface area contributed by atoms with Gasteiger partial charge in [-0.3, -0.25) is 10.2 Å². The predicted octanol–water partition coefficient (Wildman–Crippen LogP) is 4.88. The van der Waals surface area contributed by atoms with Crippen molar-refractivity contribution in [3.8, 4) is 5.75 Å². The van der Waals surface area contributed by atoms with E-state index in [1.54, 1.807) is 0 Å². The minimum absolute atomic E-state index is 0.0553. The van der Waals surface area contributed by atoms with Crippen molar-refractivity contribution in [2.24, 2.45) is 10.1 Å².